The molecule has 0 aromatic heterocycles. The fourth-order valence-corrected chi connectivity index (χ4v) is 5.40. The highest BCUT2D eigenvalue weighted by atomic mass is 32.2. The summed E-state index contributed by atoms with van der Waals surface area (Å²) in [4.78, 5) is 12.5. The number of nitrogens with zero attached hydrogens (tertiary/aromatic N) is 1. The Morgan fingerprint density at radius 1 is 1.15 bits per heavy atom. The third-order valence-corrected chi connectivity index (χ3v) is 8.02. The van der Waals surface area contributed by atoms with Crippen LogP contribution >= 0.6 is 11.8 Å². The number of rotatable bonds is 8. The first-order valence-corrected chi connectivity index (χ1v) is 13.1. The predicted molar refractivity (Wildman–Crippen MR) is 130 cm³/mol. The van der Waals surface area contributed by atoms with Crippen LogP contribution in [0.1, 0.15) is 19.4 Å². The van der Waals surface area contributed by atoms with Crippen molar-refractivity contribution in [3.05, 3.63) is 60.2 Å². The van der Waals surface area contributed by atoms with Crippen LogP contribution in [-0.4, -0.2) is 60.3 Å². The Morgan fingerprint density at radius 3 is 2.50 bits per heavy atom. The number of benzene rings is 2. The van der Waals surface area contributed by atoms with E-state index in [1.54, 1.807) is 11.8 Å². The van der Waals surface area contributed by atoms with Gasteiger partial charge in [0.2, 0.25) is 0 Å². The van der Waals surface area contributed by atoms with Gasteiger partial charge in [0.15, 0.2) is 0 Å². The van der Waals surface area contributed by atoms with E-state index >= 15 is 0 Å². The number of hydroxylamine groups is 1. The number of hydrogen-bond donors (Lipinski definition) is 2. The molecule has 8 nitrogen and oxygen atoms in total. The highest BCUT2D eigenvalue weighted by Crippen LogP contribution is 2.32. The van der Waals surface area contributed by atoms with E-state index in [2.05, 4.69) is 17.2 Å². The van der Waals surface area contributed by atoms with Crippen molar-refractivity contribution < 1.29 is 27.9 Å². The zero-order chi connectivity index (χ0) is 24.6. The summed E-state index contributed by atoms with van der Waals surface area (Å²) in [5.41, 5.74) is 1.07. The molecule has 1 heterocycles. The van der Waals surface area contributed by atoms with Crippen LogP contribution in [0.4, 0.5) is 0 Å². The highest BCUT2D eigenvalue weighted by molar-refractivity contribution is 8.00. The van der Waals surface area contributed by atoms with E-state index in [1.165, 1.54) is 24.3 Å². The maximum absolute atomic E-state index is 12.7. The van der Waals surface area contributed by atoms with Crippen LogP contribution in [-0.2, 0) is 26.2 Å². The number of sulfonamides is 1. The van der Waals surface area contributed by atoms with Gasteiger partial charge in [-0.15, -0.1) is 4.47 Å². The molecule has 34 heavy (non-hydrogen) atoms. The van der Waals surface area contributed by atoms with Gasteiger partial charge in [0, 0.05) is 17.0 Å². The maximum atomic E-state index is 12.7. The van der Waals surface area contributed by atoms with Gasteiger partial charge in [-0.2, -0.15) is 20.2 Å². The summed E-state index contributed by atoms with van der Waals surface area (Å²) in [6, 6.07) is 14.4. The van der Waals surface area contributed by atoms with Crippen molar-refractivity contribution in [1.82, 2.24) is 9.79 Å². The Bertz CT molecular complexity index is 1130. The molecule has 182 valence electrons. The molecule has 1 amide bonds. The van der Waals surface area contributed by atoms with E-state index in [0.29, 0.717) is 18.9 Å². The van der Waals surface area contributed by atoms with Gasteiger partial charge in [0.05, 0.1) is 11.5 Å². The molecule has 2 aromatic rings. The molecule has 0 radical (unpaired) electrons. The molecular formula is C24H28N2O6S2. The first kappa shape index (κ1) is 26.1. The zero-order valence-electron chi connectivity index (χ0n) is 19.1. The van der Waals surface area contributed by atoms with Gasteiger partial charge in [-0.1, -0.05) is 42.2 Å². The summed E-state index contributed by atoms with van der Waals surface area (Å²) in [5, 5.41) is 13.2. The van der Waals surface area contributed by atoms with Crippen molar-refractivity contribution in [2.75, 3.05) is 25.5 Å². The van der Waals surface area contributed by atoms with E-state index < -0.39 is 26.7 Å². The van der Waals surface area contributed by atoms with Gasteiger partial charge in [-0.3, -0.25) is 10.0 Å². The minimum atomic E-state index is -4.42. The number of hydrogen-bond acceptors (Lipinski definition) is 8. The van der Waals surface area contributed by atoms with Crippen molar-refractivity contribution in [2.24, 2.45) is 0 Å². The molecule has 1 unspecified atom stereocenters. The second-order valence-electron chi connectivity index (χ2n) is 8.02. The molecule has 0 spiro atoms. The maximum Gasteiger partial charge on any atom is 0.289 e. The van der Waals surface area contributed by atoms with E-state index in [0.717, 1.165) is 11.3 Å². The molecule has 1 atom stereocenters. The molecule has 10 heteroatoms. The van der Waals surface area contributed by atoms with Crippen LogP contribution in [0.25, 0.3) is 0 Å². The summed E-state index contributed by atoms with van der Waals surface area (Å²) in [7, 11) is -4.42. The fourth-order valence-electron chi connectivity index (χ4n) is 3.28. The van der Waals surface area contributed by atoms with Crippen molar-refractivity contribution >= 4 is 27.7 Å². The van der Waals surface area contributed by atoms with E-state index in [9.17, 15) is 18.4 Å². The van der Waals surface area contributed by atoms with Gasteiger partial charge in [0.1, 0.15) is 25.0 Å². The first-order valence-electron chi connectivity index (χ1n) is 10.7. The third kappa shape index (κ3) is 6.74. The molecule has 0 bridgehead atoms. The van der Waals surface area contributed by atoms with Crippen molar-refractivity contribution in [1.29, 1.82) is 0 Å². The first-order chi connectivity index (χ1) is 16.2. The Labute approximate surface area is 204 Å². The monoisotopic (exact) mass is 504 g/mol. The lowest BCUT2D eigenvalue weighted by Gasteiger charge is -2.38. The summed E-state index contributed by atoms with van der Waals surface area (Å²) < 4.78 is 35.7. The van der Waals surface area contributed by atoms with Gasteiger partial charge in [0.25, 0.3) is 15.9 Å². The largest absolute Gasteiger partial charge is 0.481 e. The standard InChI is InChI=1S/C24H28N2O6S2/c1-24(2)22(25-14-17-33-24)23(27)26(28)34(29,30)21-12-10-20(11-13-21)32-16-7-6-15-31-18-19-8-4-3-5-9-19/h3-5,8-13,22,25,28H,14-18H2,1-2H3. The number of carbonyl (C=O) groups is 1. The average molecular weight is 505 g/mol. The average Bonchev–Trinajstić information content (AvgIpc) is 2.83. The molecule has 1 aliphatic heterocycles. The minimum absolute atomic E-state index is 0.103. The summed E-state index contributed by atoms with van der Waals surface area (Å²) in [6.45, 7) is 5.05. The minimum Gasteiger partial charge on any atom is -0.481 e. The third-order valence-electron chi connectivity index (χ3n) is 5.13. The lowest BCUT2D eigenvalue weighted by molar-refractivity contribution is -0.149. The van der Waals surface area contributed by atoms with Crippen LogP contribution in [0.3, 0.4) is 0 Å². The van der Waals surface area contributed by atoms with Gasteiger partial charge < -0.3 is 14.8 Å². The molecule has 2 aromatic carbocycles. The van der Waals surface area contributed by atoms with E-state index in [1.807, 2.05) is 44.2 Å². The lowest BCUT2D eigenvalue weighted by atomic mass is 10.0. The Hall–Kier alpha value is -2.55. The van der Waals surface area contributed by atoms with Crippen molar-refractivity contribution in [3.63, 3.8) is 0 Å². The van der Waals surface area contributed by atoms with Crippen molar-refractivity contribution in [2.45, 2.75) is 36.1 Å². The van der Waals surface area contributed by atoms with Crippen LogP contribution in [0, 0.1) is 11.8 Å². The number of thioether (sulfide) groups is 1. The van der Waals surface area contributed by atoms with Crippen LogP contribution in [0.15, 0.2) is 59.5 Å². The zero-order valence-corrected chi connectivity index (χ0v) is 20.7. The molecule has 3 rings (SSSR count). The summed E-state index contributed by atoms with van der Waals surface area (Å²) in [5.74, 6) is 5.96. The number of ether oxygens (including phenoxy) is 2. The predicted octanol–water partition coefficient (Wildman–Crippen LogP) is 2.68. The molecule has 0 saturated carbocycles. The summed E-state index contributed by atoms with van der Waals surface area (Å²) in [6.07, 6.45) is 0. The van der Waals surface area contributed by atoms with E-state index in [-0.39, 0.29) is 22.6 Å². The SMILES string of the molecule is CC1(C)SCCNC1C(=O)N(O)S(=O)(=O)c1ccc(OCC#CCOCc2ccccc2)cc1. The molecule has 2 N–H and O–H groups in total. The second kappa shape index (κ2) is 11.7. The summed E-state index contributed by atoms with van der Waals surface area (Å²) >= 11 is 1.54. The van der Waals surface area contributed by atoms with Gasteiger partial charge in [-0.25, -0.2) is 0 Å². The molecule has 0 aliphatic carbocycles. The lowest BCUT2D eigenvalue weighted by Crippen LogP contribution is -2.59. The van der Waals surface area contributed by atoms with E-state index in [4.69, 9.17) is 9.47 Å². The quantitative estimate of drug-likeness (QED) is 0.245. The normalized spacial score (nSPS) is 17.3. The molecule has 1 saturated heterocycles. The molecule has 1 aliphatic rings. The molecular weight excluding hydrogens is 476 g/mol. The topological polar surface area (TPSA) is 105 Å². The molecule has 1 fully saturated rings. The van der Waals surface area contributed by atoms with Crippen LogP contribution in [0.2, 0.25) is 0 Å². The highest BCUT2D eigenvalue weighted by Gasteiger charge is 2.43. The smallest absolute Gasteiger partial charge is 0.289 e. The number of amides is 1. The Morgan fingerprint density at radius 2 is 1.82 bits per heavy atom. The number of nitrogens with one attached hydrogen (secondary N) is 1. The van der Waals surface area contributed by atoms with Crippen molar-refractivity contribution in [3.8, 4) is 17.6 Å². The second-order valence-corrected chi connectivity index (χ2v) is 11.5. The van der Waals surface area contributed by atoms with Crippen LogP contribution in [0.5, 0.6) is 5.75 Å². The number of carbonyl (C=O) groups excluding carboxylic acids is 1. The Kier molecular flexibility index (Phi) is 8.99. The van der Waals surface area contributed by atoms with Gasteiger partial charge in [-0.05, 0) is 43.7 Å². The van der Waals surface area contributed by atoms with Gasteiger partial charge >= 0.3 is 0 Å². The fraction of sp³-hybridized carbons (Fsp3) is 0.375. The van der Waals surface area contributed by atoms with Crippen LogP contribution < -0.4 is 10.1 Å². The Balaban J connectivity index is 1.50.